The van der Waals surface area contributed by atoms with Crippen molar-refractivity contribution in [2.75, 3.05) is 5.73 Å². The quantitative estimate of drug-likeness (QED) is 0.741. The lowest BCUT2D eigenvalue weighted by atomic mass is 10.3. The second kappa shape index (κ2) is 4.32. The summed E-state index contributed by atoms with van der Waals surface area (Å²) in [5.74, 6) is 1.19. The number of hydrogen-bond donors (Lipinski definition) is 3. The van der Waals surface area contributed by atoms with Crippen LogP contribution in [0.25, 0.3) is 0 Å². The lowest BCUT2D eigenvalue weighted by Crippen LogP contribution is -2.23. The van der Waals surface area contributed by atoms with Gasteiger partial charge < -0.3 is 15.5 Å². The minimum atomic E-state index is -0.319. The van der Waals surface area contributed by atoms with Gasteiger partial charge in [0.1, 0.15) is 11.5 Å². The number of nitrogen functional groups attached to an aromatic ring is 1. The minimum absolute atomic E-state index is 0.214. The third-order valence-electron chi connectivity index (χ3n) is 2.43. The number of anilines is 1. The van der Waals surface area contributed by atoms with E-state index >= 15 is 0 Å². The summed E-state index contributed by atoms with van der Waals surface area (Å²) in [6, 6.07) is 3.66. The number of H-pyrrole nitrogens is 1. The van der Waals surface area contributed by atoms with Gasteiger partial charge in [-0.3, -0.25) is 9.89 Å². The molecule has 0 unspecified atom stereocenters. The summed E-state index contributed by atoms with van der Waals surface area (Å²) in [4.78, 5) is 11.7. The number of rotatable bonds is 3. The van der Waals surface area contributed by atoms with Gasteiger partial charge in [0.15, 0.2) is 5.69 Å². The molecule has 1 amide bonds. The van der Waals surface area contributed by atoms with Crippen LogP contribution in [0.15, 0.2) is 16.5 Å². The van der Waals surface area contributed by atoms with E-state index in [0.29, 0.717) is 23.7 Å². The third kappa shape index (κ3) is 2.30. The van der Waals surface area contributed by atoms with Crippen LogP contribution in [0.1, 0.15) is 27.7 Å². The summed E-state index contributed by atoms with van der Waals surface area (Å²) in [5, 5.41) is 9.19. The second-order valence-corrected chi connectivity index (χ2v) is 3.81. The predicted octanol–water partition coefficient (Wildman–Crippen LogP) is 1.13. The number of aromatic nitrogens is 2. The van der Waals surface area contributed by atoms with Gasteiger partial charge in [-0.15, -0.1) is 0 Å². The number of carbonyl (C=O) groups is 1. The molecule has 0 aliphatic carbocycles. The van der Waals surface area contributed by atoms with Crippen molar-refractivity contribution in [3.8, 4) is 0 Å². The van der Waals surface area contributed by atoms with Gasteiger partial charge in [0.25, 0.3) is 5.91 Å². The molecule has 0 saturated heterocycles. The van der Waals surface area contributed by atoms with E-state index in [1.807, 2.05) is 19.1 Å². The number of carbonyl (C=O) groups excluding carboxylic acids is 1. The fraction of sp³-hybridized carbons (Fsp3) is 0.273. The van der Waals surface area contributed by atoms with Crippen LogP contribution in [0.4, 0.5) is 5.69 Å². The molecule has 0 radical (unpaired) electrons. The predicted molar refractivity (Wildman–Crippen MR) is 62.4 cm³/mol. The van der Waals surface area contributed by atoms with Crippen molar-refractivity contribution >= 4 is 11.6 Å². The zero-order valence-corrected chi connectivity index (χ0v) is 9.70. The standard InChI is InChI=1S/C11H14N4O2/c1-6-3-4-8(17-6)5-13-11(16)10-9(12)7(2)14-15-10/h3-4H,5,12H2,1-2H3,(H,13,16)(H,14,15). The van der Waals surface area contributed by atoms with Crippen molar-refractivity contribution in [2.45, 2.75) is 20.4 Å². The second-order valence-electron chi connectivity index (χ2n) is 3.81. The molecular formula is C11H14N4O2. The highest BCUT2D eigenvalue weighted by Crippen LogP contribution is 2.12. The molecule has 0 saturated carbocycles. The van der Waals surface area contributed by atoms with Gasteiger partial charge in [-0.2, -0.15) is 5.10 Å². The molecule has 0 fully saturated rings. The van der Waals surface area contributed by atoms with Gasteiger partial charge in [0.2, 0.25) is 0 Å². The lowest BCUT2D eigenvalue weighted by molar-refractivity contribution is 0.0943. The molecule has 2 heterocycles. The SMILES string of the molecule is Cc1ccc(CNC(=O)c2n[nH]c(C)c2N)o1. The number of nitrogens with one attached hydrogen (secondary N) is 2. The summed E-state index contributed by atoms with van der Waals surface area (Å²) < 4.78 is 5.33. The van der Waals surface area contributed by atoms with Crippen LogP contribution in [0.3, 0.4) is 0 Å². The zero-order chi connectivity index (χ0) is 12.4. The van der Waals surface area contributed by atoms with Crippen LogP contribution in [-0.4, -0.2) is 16.1 Å². The van der Waals surface area contributed by atoms with Crippen molar-refractivity contribution < 1.29 is 9.21 Å². The fourth-order valence-corrected chi connectivity index (χ4v) is 1.44. The molecule has 0 atom stereocenters. The minimum Gasteiger partial charge on any atom is -0.465 e. The van der Waals surface area contributed by atoms with E-state index in [0.717, 1.165) is 5.76 Å². The Hall–Kier alpha value is -2.24. The average molecular weight is 234 g/mol. The van der Waals surface area contributed by atoms with Gasteiger partial charge in [-0.05, 0) is 26.0 Å². The largest absolute Gasteiger partial charge is 0.465 e. The Labute approximate surface area is 98.2 Å². The Morgan fingerprint density at radius 1 is 1.53 bits per heavy atom. The molecule has 6 nitrogen and oxygen atoms in total. The number of amides is 1. The third-order valence-corrected chi connectivity index (χ3v) is 2.43. The molecule has 0 bridgehead atoms. The van der Waals surface area contributed by atoms with E-state index in [-0.39, 0.29) is 11.6 Å². The number of aryl methyl sites for hydroxylation is 2. The summed E-state index contributed by atoms with van der Waals surface area (Å²) in [6.45, 7) is 3.92. The molecule has 0 spiro atoms. The molecule has 4 N–H and O–H groups in total. The maximum Gasteiger partial charge on any atom is 0.274 e. The molecule has 0 aliphatic rings. The molecule has 2 aromatic rings. The Balaban J connectivity index is 2.00. The Kier molecular flexibility index (Phi) is 2.86. The molecule has 0 aromatic carbocycles. The summed E-state index contributed by atoms with van der Waals surface area (Å²) in [5.41, 5.74) is 6.97. The van der Waals surface area contributed by atoms with Gasteiger partial charge in [0.05, 0.1) is 17.9 Å². The van der Waals surface area contributed by atoms with Crippen LogP contribution in [-0.2, 0) is 6.54 Å². The highest BCUT2D eigenvalue weighted by atomic mass is 16.3. The maximum absolute atomic E-state index is 11.7. The number of aromatic amines is 1. The van der Waals surface area contributed by atoms with E-state index < -0.39 is 0 Å². The van der Waals surface area contributed by atoms with Crippen LogP contribution in [0.5, 0.6) is 0 Å². The summed E-state index contributed by atoms with van der Waals surface area (Å²) >= 11 is 0. The molecule has 6 heteroatoms. The van der Waals surface area contributed by atoms with Crippen LogP contribution >= 0.6 is 0 Å². The highest BCUT2D eigenvalue weighted by molar-refractivity contribution is 5.97. The average Bonchev–Trinajstić information content (AvgIpc) is 2.84. The molecule has 2 aromatic heterocycles. The summed E-state index contributed by atoms with van der Waals surface area (Å²) in [7, 11) is 0. The lowest BCUT2D eigenvalue weighted by Gasteiger charge is -2.01. The van der Waals surface area contributed by atoms with Crippen LogP contribution in [0.2, 0.25) is 0 Å². The van der Waals surface area contributed by atoms with E-state index in [1.165, 1.54) is 0 Å². The number of furan rings is 1. The monoisotopic (exact) mass is 234 g/mol. The van der Waals surface area contributed by atoms with E-state index in [4.69, 9.17) is 10.2 Å². The normalized spacial score (nSPS) is 10.5. The van der Waals surface area contributed by atoms with Gasteiger partial charge in [-0.1, -0.05) is 0 Å². The first-order chi connectivity index (χ1) is 8.08. The Morgan fingerprint density at radius 2 is 2.29 bits per heavy atom. The van der Waals surface area contributed by atoms with E-state index in [9.17, 15) is 4.79 Å². The van der Waals surface area contributed by atoms with Gasteiger partial charge in [-0.25, -0.2) is 0 Å². The first-order valence-corrected chi connectivity index (χ1v) is 5.22. The van der Waals surface area contributed by atoms with Crippen molar-refractivity contribution in [3.05, 3.63) is 35.0 Å². The van der Waals surface area contributed by atoms with Crippen LogP contribution < -0.4 is 11.1 Å². The fourth-order valence-electron chi connectivity index (χ4n) is 1.44. The van der Waals surface area contributed by atoms with Gasteiger partial charge in [0, 0.05) is 0 Å². The molecule has 17 heavy (non-hydrogen) atoms. The molecular weight excluding hydrogens is 220 g/mol. The number of nitrogens with two attached hydrogens (primary N) is 1. The summed E-state index contributed by atoms with van der Waals surface area (Å²) in [6.07, 6.45) is 0. The van der Waals surface area contributed by atoms with E-state index in [2.05, 4.69) is 15.5 Å². The van der Waals surface area contributed by atoms with Gasteiger partial charge >= 0.3 is 0 Å². The Bertz CT molecular complexity index is 541. The molecule has 2 rings (SSSR count). The van der Waals surface area contributed by atoms with Crippen molar-refractivity contribution in [2.24, 2.45) is 0 Å². The van der Waals surface area contributed by atoms with Crippen molar-refractivity contribution in [1.82, 2.24) is 15.5 Å². The first kappa shape index (κ1) is 11.3. The maximum atomic E-state index is 11.7. The number of nitrogens with zero attached hydrogens (tertiary/aromatic N) is 1. The molecule has 0 aliphatic heterocycles. The molecule has 90 valence electrons. The van der Waals surface area contributed by atoms with Crippen molar-refractivity contribution in [3.63, 3.8) is 0 Å². The zero-order valence-electron chi connectivity index (χ0n) is 9.70. The Morgan fingerprint density at radius 3 is 2.82 bits per heavy atom. The van der Waals surface area contributed by atoms with Crippen LogP contribution in [0, 0.1) is 13.8 Å². The van der Waals surface area contributed by atoms with Crippen molar-refractivity contribution in [1.29, 1.82) is 0 Å². The smallest absolute Gasteiger partial charge is 0.274 e. The topological polar surface area (TPSA) is 96.9 Å². The van der Waals surface area contributed by atoms with E-state index in [1.54, 1.807) is 6.92 Å². The number of hydrogen-bond acceptors (Lipinski definition) is 4. The highest BCUT2D eigenvalue weighted by Gasteiger charge is 2.15. The first-order valence-electron chi connectivity index (χ1n) is 5.22.